The quantitative estimate of drug-likeness (QED) is 0.376. The third kappa shape index (κ3) is 5.61. The summed E-state index contributed by atoms with van der Waals surface area (Å²) in [5.41, 5.74) is 6.24. The fourth-order valence-electron chi connectivity index (χ4n) is 4.63. The Morgan fingerprint density at radius 3 is 2.24 bits per heavy atom. The summed E-state index contributed by atoms with van der Waals surface area (Å²) < 4.78 is 14.1. The standard InChI is InChI=1S/C29H33FN2O.ClH/c1-20(2)22-11-16-26(17-12-22)32(19-21-8-14-25(15-9-21)31(3)4)29(33)27-7-5-6-23-10-13-24(30)18-28(23)27;/h8-18,20,27H,5-7,19H2,1-4H3;1H. The van der Waals surface area contributed by atoms with Crippen molar-refractivity contribution in [2.24, 2.45) is 0 Å². The van der Waals surface area contributed by atoms with E-state index in [2.05, 4.69) is 55.1 Å². The first kappa shape index (κ1) is 25.8. The SMILES string of the molecule is CC(C)c1ccc(N(Cc2ccc(N(C)C)cc2)C(=O)C2CCCc3ccc(F)cc32)cc1.Cl. The van der Waals surface area contributed by atoms with Gasteiger partial charge in [-0.2, -0.15) is 0 Å². The van der Waals surface area contributed by atoms with Gasteiger partial charge in [0.1, 0.15) is 5.82 Å². The summed E-state index contributed by atoms with van der Waals surface area (Å²) in [6.07, 6.45) is 2.58. The molecule has 1 aliphatic rings. The molecule has 0 aliphatic heterocycles. The topological polar surface area (TPSA) is 23.6 Å². The van der Waals surface area contributed by atoms with Crippen LogP contribution in [0, 0.1) is 5.82 Å². The second-order valence-corrected chi connectivity index (χ2v) is 9.52. The molecule has 0 saturated carbocycles. The van der Waals surface area contributed by atoms with E-state index in [-0.39, 0.29) is 30.0 Å². The van der Waals surface area contributed by atoms with Gasteiger partial charge in [-0.15, -0.1) is 12.4 Å². The van der Waals surface area contributed by atoms with E-state index in [0.717, 1.165) is 47.3 Å². The first-order valence-electron chi connectivity index (χ1n) is 11.8. The molecule has 0 spiro atoms. The smallest absolute Gasteiger partial charge is 0.234 e. The van der Waals surface area contributed by atoms with Crippen LogP contribution >= 0.6 is 12.4 Å². The number of aryl methyl sites for hydroxylation is 1. The zero-order chi connectivity index (χ0) is 23.5. The molecule has 1 unspecified atom stereocenters. The van der Waals surface area contributed by atoms with E-state index < -0.39 is 0 Å². The molecule has 0 heterocycles. The Labute approximate surface area is 209 Å². The second-order valence-electron chi connectivity index (χ2n) is 9.52. The summed E-state index contributed by atoms with van der Waals surface area (Å²) in [7, 11) is 4.03. The summed E-state index contributed by atoms with van der Waals surface area (Å²) in [5, 5.41) is 0. The molecular formula is C29H34ClFN2O. The molecule has 1 aliphatic carbocycles. The molecule has 5 heteroatoms. The fraction of sp³-hybridized carbons (Fsp3) is 0.345. The number of carbonyl (C=O) groups excluding carboxylic acids is 1. The van der Waals surface area contributed by atoms with Crippen molar-refractivity contribution in [2.45, 2.75) is 51.5 Å². The summed E-state index contributed by atoms with van der Waals surface area (Å²) in [4.78, 5) is 17.9. The Hall–Kier alpha value is -2.85. The van der Waals surface area contributed by atoms with Crippen molar-refractivity contribution in [3.63, 3.8) is 0 Å². The van der Waals surface area contributed by atoms with Gasteiger partial charge in [0.25, 0.3) is 0 Å². The molecule has 34 heavy (non-hydrogen) atoms. The average Bonchev–Trinajstić information content (AvgIpc) is 2.82. The van der Waals surface area contributed by atoms with Gasteiger partial charge in [0.15, 0.2) is 0 Å². The first-order chi connectivity index (χ1) is 15.8. The summed E-state index contributed by atoms with van der Waals surface area (Å²) in [5.74, 6) is -0.138. The summed E-state index contributed by atoms with van der Waals surface area (Å²) in [6.45, 7) is 4.81. The Bertz CT molecular complexity index is 1110. The Morgan fingerprint density at radius 1 is 0.971 bits per heavy atom. The van der Waals surface area contributed by atoms with Crippen LogP contribution in [0.2, 0.25) is 0 Å². The van der Waals surface area contributed by atoms with Crippen LogP contribution in [0.15, 0.2) is 66.7 Å². The number of nitrogens with zero attached hydrogens (tertiary/aromatic N) is 2. The van der Waals surface area contributed by atoms with Crippen molar-refractivity contribution in [1.29, 1.82) is 0 Å². The van der Waals surface area contributed by atoms with E-state index in [0.29, 0.717) is 12.5 Å². The van der Waals surface area contributed by atoms with Crippen molar-refractivity contribution >= 4 is 29.7 Å². The molecule has 3 aromatic carbocycles. The van der Waals surface area contributed by atoms with E-state index >= 15 is 0 Å². The number of benzene rings is 3. The van der Waals surface area contributed by atoms with Crippen LogP contribution in [0.1, 0.15) is 60.8 Å². The molecule has 0 fully saturated rings. The maximum atomic E-state index is 14.1. The largest absolute Gasteiger partial charge is 0.378 e. The number of fused-ring (bicyclic) bond motifs is 1. The van der Waals surface area contributed by atoms with Crippen LogP contribution in [-0.4, -0.2) is 20.0 Å². The predicted molar refractivity (Wildman–Crippen MR) is 142 cm³/mol. The summed E-state index contributed by atoms with van der Waals surface area (Å²) in [6, 6.07) is 21.5. The predicted octanol–water partition coefficient (Wildman–Crippen LogP) is 7.09. The molecule has 0 aromatic heterocycles. The third-order valence-corrected chi connectivity index (χ3v) is 6.65. The second kappa shape index (κ2) is 11.1. The summed E-state index contributed by atoms with van der Waals surface area (Å²) >= 11 is 0. The highest BCUT2D eigenvalue weighted by Crippen LogP contribution is 2.35. The monoisotopic (exact) mass is 480 g/mol. The van der Waals surface area contributed by atoms with Gasteiger partial charge in [-0.3, -0.25) is 4.79 Å². The van der Waals surface area contributed by atoms with E-state index in [9.17, 15) is 9.18 Å². The average molecular weight is 481 g/mol. The minimum atomic E-state index is -0.324. The van der Waals surface area contributed by atoms with Gasteiger partial charge in [-0.1, -0.05) is 44.2 Å². The fourth-order valence-corrected chi connectivity index (χ4v) is 4.63. The lowest BCUT2D eigenvalue weighted by molar-refractivity contribution is -0.120. The van der Waals surface area contributed by atoms with Crippen LogP contribution in [-0.2, 0) is 17.8 Å². The Balaban J connectivity index is 0.00000324. The van der Waals surface area contributed by atoms with Crippen LogP contribution < -0.4 is 9.80 Å². The van der Waals surface area contributed by atoms with Crippen LogP contribution in [0.25, 0.3) is 0 Å². The number of anilines is 2. The number of halogens is 2. The minimum absolute atomic E-state index is 0. The molecule has 180 valence electrons. The first-order valence-corrected chi connectivity index (χ1v) is 11.8. The van der Waals surface area contributed by atoms with Crippen LogP contribution in [0.5, 0.6) is 0 Å². The molecule has 0 radical (unpaired) electrons. The van der Waals surface area contributed by atoms with Gasteiger partial charge in [0, 0.05) is 25.5 Å². The molecule has 0 bridgehead atoms. The lowest BCUT2D eigenvalue weighted by Crippen LogP contribution is -2.36. The third-order valence-electron chi connectivity index (χ3n) is 6.65. The maximum absolute atomic E-state index is 14.1. The van der Waals surface area contributed by atoms with E-state index in [1.54, 1.807) is 6.07 Å². The van der Waals surface area contributed by atoms with Gasteiger partial charge in [-0.05, 0) is 83.8 Å². The molecule has 4 rings (SSSR count). The lowest BCUT2D eigenvalue weighted by Gasteiger charge is -2.31. The van der Waals surface area contributed by atoms with E-state index in [1.807, 2.05) is 37.2 Å². The number of rotatable bonds is 6. The number of hydrogen-bond acceptors (Lipinski definition) is 2. The highest BCUT2D eigenvalue weighted by Gasteiger charge is 2.31. The molecule has 1 amide bonds. The Kier molecular flexibility index (Phi) is 8.37. The molecular weight excluding hydrogens is 447 g/mol. The molecule has 3 aromatic rings. The minimum Gasteiger partial charge on any atom is -0.378 e. The van der Waals surface area contributed by atoms with E-state index in [4.69, 9.17) is 0 Å². The number of amides is 1. The van der Waals surface area contributed by atoms with Crippen molar-refractivity contribution in [2.75, 3.05) is 23.9 Å². The van der Waals surface area contributed by atoms with Crippen molar-refractivity contribution in [3.05, 3.63) is 94.8 Å². The number of hydrogen-bond donors (Lipinski definition) is 0. The van der Waals surface area contributed by atoms with Crippen molar-refractivity contribution in [1.82, 2.24) is 0 Å². The van der Waals surface area contributed by atoms with Crippen LogP contribution in [0.3, 0.4) is 0 Å². The molecule has 0 saturated heterocycles. The zero-order valence-corrected chi connectivity index (χ0v) is 21.2. The van der Waals surface area contributed by atoms with Crippen LogP contribution in [0.4, 0.5) is 15.8 Å². The van der Waals surface area contributed by atoms with Gasteiger partial charge in [0.05, 0.1) is 12.5 Å². The number of carbonyl (C=O) groups is 1. The van der Waals surface area contributed by atoms with Gasteiger partial charge in [-0.25, -0.2) is 4.39 Å². The lowest BCUT2D eigenvalue weighted by atomic mass is 9.81. The van der Waals surface area contributed by atoms with Gasteiger partial charge in [0.2, 0.25) is 5.91 Å². The Morgan fingerprint density at radius 2 is 1.62 bits per heavy atom. The maximum Gasteiger partial charge on any atom is 0.234 e. The highest BCUT2D eigenvalue weighted by atomic mass is 35.5. The van der Waals surface area contributed by atoms with E-state index in [1.165, 1.54) is 11.6 Å². The van der Waals surface area contributed by atoms with Crippen molar-refractivity contribution < 1.29 is 9.18 Å². The zero-order valence-electron chi connectivity index (χ0n) is 20.4. The highest BCUT2D eigenvalue weighted by molar-refractivity contribution is 5.98. The normalized spacial score (nSPS) is 14.8. The molecule has 3 nitrogen and oxygen atoms in total. The molecule has 0 N–H and O–H groups in total. The van der Waals surface area contributed by atoms with Gasteiger partial charge >= 0.3 is 0 Å². The van der Waals surface area contributed by atoms with Gasteiger partial charge < -0.3 is 9.80 Å². The molecule has 1 atom stereocenters. The van der Waals surface area contributed by atoms with Crippen molar-refractivity contribution in [3.8, 4) is 0 Å².